The normalized spacial score (nSPS) is 12.7. The van der Waals surface area contributed by atoms with Gasteiger partial charge in [-0.3, -0.25) is 4.79 Å². The highest BCUT2D eigenvalue weighted by Crippen LogP contribution is 2.36. The van der Waals surface area contributed by atoms with Crippen LogP contribution in [0.4, 0.5) is 5.13 Å². The number of fused-ring (bicyclic) bond motifs is 1. The zero-order valence-corrected chi connectivity index (χ0v) is 15.7. The van der Waals surface area contributed by atoms with Gasteiger partial charge in [0.2, 0.25) is 5.13 Å². The van der Waals surface area contributed by atoms with Gasteiger partial charge >= 0.3 is 0 Å². The Labute approximate surface area is 145 Å². The van der Waals surface area contributed by atoms with Gasteiger partial charge in [-0.2, -0.15) is 0 Å². The molecule has 0 saturated heterocycles. The summed E-state index contributed by atoms with van der Waals surface area (Å²) in [5.74, 6) is 0.675. The van der Waals surface area contributed by atoms with E-state index in [0.717, 1.165) is 31.3 Å². The van der Waals surface area contributed by atoms with Crippen molar-refractivity contribution in [2.45, 2.75) is 37.3 Å². The number of thiophene rings is 1. The Morgan fingerprint density at radius 3 is 2.83 bits per heavy atom. The zero-order valence-electron chi connectivity index (χ0n) is 13.3. The molecule has 0 aliphatic heterocycles. The number of rotatable bonds is 5. The zero-order chi connectivity index (χ0) is 16.6. The molecular weight excluding hydrogens is 350 g/mol. The molecule has 0 aliphatic carbocycles. The Bertz CT molecular complexity index is 898. The maximum Gasteiger partial charge on any atom is 0.259 e. The molecule has 0 aromatic carbocycles. The smallest absolute Gasteiger partial charge is 0.259 e. The van der Waals surface area contributed by atoms with Crippen LogP contribution in [0.15, 0.2) is 9.13 Å². The van der Waals surface area contributed by atoms with E-state index in [2.05, 4.69) is 25.5 Å². The molecule has 3 heterocycles. The van der Waals surface area contributed by atoms with E-state index < -0.39 is 0 Å². The molecule has 0 amide bonds. The summed E-state index contributed by atoms with van der Waals surface area (Å²) in [6, 6.07) is 0. The van der Waals surface area contributed by atoms with Gasteiger partial charge in [0.05, 0.1) is 10.6 Å². The molecule has 0 fully saturated rings. The van der Waals surface area contributed by atoms with Crippen LogP contribution >= 0.6 is 34.4 Å². The fraction of sp³-hybridized carbons (Fsp3) is 0.429. The molecule has 9 heteroatoms. The van der Waals surface area contributed by atoms with E-state index in [9.17, 15) is 4.79 Å². The average molecular weight is 368 g/mol. The van der Waals surface area contributed by atoms with Crippen molar-refractivity contribution in [2.24, 2.45) is 0 Å². The summed E-state index contributed by atoms with van der Waals surface area (Å²) in [6.07, 6.45) is 0. The summed E-state index contributed by atoms with van der Waals surface area (Å²) in [7, 11) is 0. The third-order valence-corrected chi connectivity index (χ3v) is 6.63. The Balaban J connectivity index is 1.88. The third kappa shape index (κ3) is 3.26. The standard InChI is InChI=1S/C14H17N5OS3/c1-5-15-13-18-19-14(23-13)22-8(4)10-16-11(20)9-6(2)7(3)21-12(9)17-10/h8H,5H2,1-4H3,(H,15,18)(H,16,17,20). The molecule has 0 aliphatic rings. The predicted molar refractivity (Wildman–Crippen MR) is 98.1 cm³/mol. The van der Waals surface area contributed by atoms with Crippen LogP contribution in [0, 0.1) is 13.8 Å². The van der Waals surface area contributed by atoms with Crippen molar-refractivity contribution in [2.75, 3.05) is 11.9 Å². The molecule has 3 rings (SSSR count). The number of hydrogen-bond acceptors (Lipinski definition) is 8. The van der Waals surface area contributed by atoms with Crippen LogP contribution in [0.3, 0.4) is 0 Å². The van der Waals surface area contributed by atoms with E-state index in [0.29, 0.717) is 11.2 Å². The Kier molecular flexibility index (Phi) is 4.69. The summed E-state index contributed by atoms with van der Waals surface area (Å²) >= 11 is 4.62. The summed E-state index contributed by atoms with van der Waals surface area (Å²) in [4.78, 5) is 21.8. The molecule has 0 radical (unpaired) electrons. The van der Waals surface area contributed by atoms with Gasteiger partial charge in [0, 0.05) is 11.4 Å². The summed E-state index contributed by atoms with van der Waals surface area (Å²) in [5.41, 5.74) is 0.954. The van der Waals surface area contributed by atoms with E-state index in [-0.39, 0.29) is 10.8 Å². The quantitative estimate of drug-likeness (QED) is 0.669. The molecule has 1 unspecified atom stereocenters. The number of aromatic amines is 1. The summed E-state index contributed by atoms with van der Waals surface area (Å²) in [6.45, 7) is 8.83. The topological polar surface area (TPSA) is 83.6 Å². The van der Waals surface area contributed by atoms with Gasteiger partial charge in [-0.25, -0.2) is 4.98 Å². The lowest BCUT2D eigenvalue weighted by molar-refractivity contribution is 0.918. The first kappa shape index (κ1) is 16.4. The lowest BCUT2D eigenvalue weighted by atomic mass is 10.2. The average Bonchev–Trinajstić information content (AvgIpc) is 3.05. The van der Waals surface area contributed by atoms with Crippen LogP contribution in [-0.4, -0.2) is 26.7 Å². The first-order valence-electron chi connectivity index (χ1n) is 7.23. The molecule has 1 atom stereocenters. The van der Waals surface area contributed by atoms with Crippen molar-refractivity contribution in [3.8, 4) is 0 Å². The van der Waals surface area contributed by atoms with Gasteiger partial charge < -0.3 is 10.3 Å². The molecule has 2 N–H and O–H groups in total. The molecule has 3 aromatic rings. The van der Waals surface area contributed by atoms with Crippen LogP contribution < -0.4 is 10.9 Å². The largest absolute Gasteiger partial charge is 0.360 e. The molecule has 3 aromatic heterocycles. The molecule has 0 spiro atoms. The highest BCUT2D eigenvalue weighted by Gasteiger charge is 2.17. The van der Waals surface area contributed by atoms with Crippen molar-refractivity contribution >= 4 is 49.8 Å². The van der Waals surface area contributed by atoms with E-state index >= 15 is 0 Å². The second kappa shape index (κ2) is 6.58. The van der Waals surface area contributed by atoms with Gasteiger partial charge in [-0.05, 0) is 33.3 Å². The second-order valence-corrected chi connectivity index (χ2v) is 8.85. The van der Waals surface area contributed by atoms with Crippen LogP contribution in [-0.2, 0) is 0 Å². The minimum absolute atomic E-state index is 0.00256. The van der Waals surface area contributed by atoms with E-state index in [1.165, 1.54) is 11.3 Å². The van der Waals surface area contributed by atoms with Crippen LogP contribution in [0.5, 0.6) is 0 Å². The third-order valence-electron chi connectivity index (χ3n) is 3.45. The van der Waals surface area contributed by atoms with Crippen molar-refractivity contribution in [1.29, 1.82) is 0 Å². The highest BCUT2D eigenvalue weighted by atomic mass is 32.2. The Hall–Kier alpha value is -1.45. The molecule has 6 nitrogen and oxygen atoms in total. The molecule has 23 heavy (non-hydrogen) atoms. The lowest BCUT2D eigenvalue weighted by Crippen LogP contribution is -2.12. The molecule has 0 saturated carbocycles. The highest BCUT2D eigenvalue weighted by molar-refractivity contribution is 8.01. The first-order valence-corrected chi connectivity index (χ1v) is 9.74. The van der Waals surface area contributed by atoms with Crippen molar-refractivity contribution < 1.29 is 0 Å². The number of aryl methyl sites for hydroxylation is 2. The summed E-state index contributed by atoms with van der Waals surface area (Å²) in [5, 5.41) is 12.9. The fourth-order valence-electron chi connectivity index (χ4n) is 2.15. The molecule has 122 valence electrons. The van der Waals surface area contributed by atoms with E-state index in [1.807, 2.05) is 27.7 Å². The first-order chi connectivity index (χ1) is 11.0. The van der Waals surface area contributed by atoms with Crippen molar-refractivity contribution in [3.05, 3.63) is 26.6 Å². The number of aromatic nitrogens is 4. The summed E-state index contributed by atoms with van der Waals surface area (Å²) < 4.78 is 0.856. The molecular formula is C14H17N5OS3. The maximum absolute atomic E-state index is 12.3. The van der Waals surface area contributed by atoms with Crippen LogP contribution in [0.2, 0.25) is 0 Å². The number of hydrogen-bond donors (Lipinski definition) is 2. The fourth-order valence-corrected chi connectivity index (χ4v) is 5.21. The van der Waals surface area contributed by atoms with Crippen molar-refractivity contribution in [1.82, 2.24) is 20.2 Å². The van der Waals surface area contributed by atoms with Gasteiger partial charge in [0.1, 0.15) is 10.7 Å². The number of thioether (sulfide) groups is 1. The second-order valence-electron chi connectivity index (χ2n) is 5.08. The van der Waals surface area contributed by atoms with Gasteiger partial charge in [0.15, 0.2) is 4.34 Å². The lowest BCUT2D eigenvalue weighted by Gasteiger charge is -2.07. The number of H-pyrrole nitrogens is 1. The number of nitrogens with one attached hydrogen (secondary N) is 2. The maximum atomic E-state index is 12.3. The number of nitrogens with zero attached hydrogens (tertiary/aromatic N) is 3. The predicted octanol–water partition coefficient (Wildman–Crippen LogP) is 3.74. The monoisotopic (exact) mass is 367 g/mol. The Morgan fingerprint density at radius 2 is 2.09 bits per heavy atom. The van der Waals surface area contributed by atoms with Gasteiger partial charge in [0.25, 0.3) is 5.56 Å². The minimum atomic E-state index is -0.0649. The van der Waals surface area contributed by atoms with E-state index in [1.54, 1.807) is 23.1 Å². The van der Waals surface area contributed by atoms with Gasteiger partial charge in [-0.15, -0.1) is 21.5 Å². The van der Waals surface area contributed by atoms with Crippen molar-refractivity contribution in [3.63, 3.8) is 0 Å². The van der Waals surface area contributed by atoms with Crippen LogP contribution in [0.1, 0.15) is 35.4 Å². The Morgan fingerprint density at radius 1 is 1.30 bits per heavy atom. The minimum Gasteiger partial charge on any atom is -0.360 e. The van der Waals surface area contributed by atoms with E-state index in [4.69, 9.17) is 0 Å². The molecule has 0 bridgehead atoms. The SMILES string of the molecule is CCNc1nnc(SC(C)c2nc3sc(C)c(C)c3c(=O)[nH]2)s1. The van der Waals surface area contributed by atoms with Gasteiger partial charge in [-0.1, -0.05) is 23.1 Å². The van der Waals surface area contributed by atoms with Crippen LogP contribution in [0.25, 0.3) is 10.2 Å². The number of anilines is 1.